The Hall–Kier alpha value is -4.46. The molecule has 0 spiro atoms. The Morgan fingerprint density at radius 2 is 1.60 bits per heavy atom. The predicted octanol–water partition coefficient (Wildman–Crippen LogP) is 3.08. The van der Waals surface area contributed by atoms with Crippen LogP contribution in [0.25, 0.3) is 0 Å². The summed E-state index contributed by atoms with van der Waals surface area (Å²) in [5.41, 5.74) is 5.59. The summed E-state index contributed by atoms with van der Waals surface area (Å²) < 4.78 is 5.65. The van der Waals surface area contributed by atoms with Crippen LogP contribution in [0.1, 0.15) is 23.6 Å². The zero-order chi connectivity index (χ0) is 24.9. The molecule has 0 fully saturated rings. The van der Waals surface area contributed by atoms with E-state index in [0.717, 1.165) is 23.2 Å². The fraction of sp³-hybridized carbons (Fsp3) is 0.185. The molecule has 0 aliphatic carbocycles. The van der Waals surface area contributed by atoms with Crippen LogP contribution in [0, 0.1) is 0 Å². The van der Waals surface area contributed by atoms with Gasteiger partial charge in [-0.05, 0) is 42.2 Å². The van der Waals surface area contributed by atoms with E-state index in [1.807, 2.05) is 61.5 Å². The normalized spacial score (nSPS) is 10.5. The molecule has 3 aromatic carbocycles. The van der Waals surface area contributed by atoms with E-state index >= 15 is 0 Å². The standard InChI is InChI=1S/C27H28N4O4/c1-2-21-12-6-8-14-23(21)30-25(32)19-35-24-15-9-7-13-22(24)18-29-31-27(34)26(33)28-17-16-20-10-4-3-5-11-20/h3-15,18H,2,16-17,19H2,1H3,(H,28,33)(H,30,32)(H,31,34)/b29-18-. The van der Waals surface area contributed by atoms with E-state index in [-0.39, 0.29) is 12.5 Å². The van der Waals surface area contributed by atoms with Gasteiger partial charge in [0.15, 0.2) is 6.61 Å². The molecule has 0 aliphatic rings. The third-order valence-corrected chi connectivity index (χ3v) is 5.07. The molecule has 0 atom stereocenters. The molecule has 0 saturated carbocycles. The first kappa shape index (κ1) is 25.2. The Morgan fingerprint density at radius 1 is 0.886 bits per heavy atom. The van der Waals surface area contributed by atoms with Gasteiger partial charge >= 0.3 is 11.8 Å². The Morgan fingerprint density at radius 3 is 2.40 bits per heavy atom. The molecular formula is C27H28N4O4. The van der Waals surface area contributed by atoms with Gasteiger partial charge in [-0.25, -0.2) is 5.43 Å². The lowest BCUT2D eigenvalue weighted by Crippen LogP contribution is -2.38. The number of carbonyl (C=O) groups is 3. The topological polar surface area (TPSA) is 109 Å². The molecule has 3 N–H and O–H groups in total. The summed E-state index contributed by atoms with van der Waals surface area (Å²) in [7, 11) is 0. The molecule has 0 heterocycles. The Bertz CT molecular complexity index is 1180. The summed E-state index contributed by atoms with van der Waals surface area (Å²) >= 11 is 0. The monoisotopic (exact) mass is 472 g/mol. The molecule has 180 valence electrons. The van der Waals surface area contributed by atoms with Crippen molar-refractivity contribution in [1.82, 2.24) is 10.7 Å². The SMILES string of the molecule is CCc1ccccc1NC(=O)COc1ccccc1/C=N\NC(=O)C(=O)NCCc1ccccc1. The van der Waals surface area contributed by atoms with Gasteiger partial charge in [0.2, 0.25) is 0 Å². The number of anilines is 1. The highest BCUT2D eigenvalue weighted by atomic mass is 16.5. The first-order valence-corrected chi connectivity index (χ1v) is 11.3. The van der Waals surface area contributed by atoms with Gasteiger partial charge in [-0.3, -0.25) is 14.4 Å². The molecule has 3 amide bonds. The minimum absolute atomic E-state index is 0.195. The highest BCUT2D eigenvalue weighted by Crippen LogP contribution is 2.17. The van der Waals surface area contributed by atoms with E-state index in [9.17, 15) is 14.4 Å². The summed E-state index contributed by atoms with van der Waals surface area (Å²) in [4.78, 5) is 36.3. The number of hydrogen-bond acceptors (Lipinski definition) is 5. The third kappa shape index (κ3) is 8.12. The third-order valence-electron chi connectivity index (χ3n) is 5.07. The van der Waals surface area contributed by atoms with Crippen LogP contribution in [-0.2, 0) is 27.2 Å². The van der Waals surface area contributed by atoms with Gasteiger partial charge in [0.1, 0.15) is 5.75 Å². The summed E-state index contributed by atoms with van der Waals surface area (Å²) in [5.74, 6) is -1.52. The second-order valence-electron chi connectivity index (χ2n) is 7.58. The largest absolute Gasteiger partial charge is 0.483 e. The summed E-state index contributed by atoms with van der Waals surface area (Å²) in [6.07, 6.45) is 2.77. The maximum atomic E-state index is 12.3. The highest BCUT2D eigenvalue weighted by molar-refractivity contribution is 6.35. The van der Waals surface area contributed by atoms with Crippen molar-refractivity contribution in [2.45, 2.75) is 19.8 Å². The molecule has 3 aromatic rings. The quantitative estimate of drug-likeness (QED) is 0.239. The first-order valence-electron chi connectivity index (χ1n) is 11.3. The zero-order valence-corrected chi connectivity index (χ0v) is 19.5. The Balaban J connectivity index is 1.47. The number of carbonyl (C=O) groups excluding carboxylic acids is 3. The smallest absolute Gasteiger partial charge is 0.329 e. The number of para-hydroxylation sites is 2. The molecule has 8 heteroatoms. The van der Waals surface area contributed by atoms with E-state index in [2.05, 4.69) is 21.2 Å². The lowest BCUT2D eigenvalue weighted by atomic mass is 10.1. The van der Waals surface area contributed by atoms with Crippen molar-refractivity contribution in [3.8, 4) is 5.75 Å². The van der Waals surface area contributed by atoms with Crippen LogP contribution in [0.15, 0.2) is 84.0 Å². The van der Waals surface area contributed by atoms with Crippen LogP contribution in [0.4, 0.5) is 5.69 Å². The molecule has 3 rings (SSSR count). The van der Waals surface area contributed by atoms with Crippen LogP contribution in [0.2, 0.25) is 0 Å². The number of benzene rings is 3. The van der Waals surface area contributed by atoms with E-state index < -0.39 is 11.8 Å². The molecule has 0 bridgehead atoms. The van der Waals surface area contributed by atoms with Gasteiger partial charge < -0.3 is 15.4 Å². The summed E-state index contributed by atoms with van der Waals surface area (Å²) in [6, 6.07) is 24.2. The van der Waals surface area contributed by atoms with E-state index in [1.165, 1.54) is 6.21 Å². The van der Waals surface area contributed by atoms with Gasteiger partial charge in [0.25, 0.3) is 5.91 Å². The van der Waals surface area contributed by atoms with Crippen molar-refractivity contribution >= 4 is 29.6 Å². The maximum Gasteiger partial charge on any atom is 0.329 e. The molecule has 35 heavy (non-hydrogen) atoms. The number of ether oxygens (including phenoxy) is 1. The average molecular weight is 473 g/mol. The Labute approximate surface area is 204 Å². The van der Waals surface area contributed by atoms with Gasteiger partial charge in [-0.1, -0.05) is 67.6 Å². The molecule has 8 nitrogen and oxygen atoms in total. The second kappa shape index (κ2) is 13.3. The zero-order valence-electron chi connectivity index (χ0n) is 19.5. The molecule has 0 aliphatic heterocycles. The molecule has 0 aromatic heterocycles. The molecule has 0 unspecified atom stereocenters. The number of aryl methyl sites for hydroxylation is 1. The first-order chi connectivity index (χ1) is 17.1. The lowest BCUT2D eigenvalue weighted by molar-refractivity contribution is -0.139. The van der Waals surface area contributed by atoms with Gasteiger partial charge in [0, 0.05) is 17.8 Å². The van der Waals surface area contributed by atoms with Crippen molar-refractivity contribution in [1.29, 1.82) is 0 Å². The van der Waals surface area contributed by atoms with Crippen LogP contribution < -0.4 is 20.8 Å². The summed E-state index contributed by atoms with van der Waals surface area (Å²) in [5, 5.41) is 9.25. The fourth-order valence-electron chi connectivity index (χ4n) is 3.26. The Kier molecular flexibility index (Phi) is 9.56. The molecule has 0 saturated heterocycles. The van der Waals surface area contributed by atoms with Crippen LogP contribution in [-0.4, -0.2) is 37.1 Å². The highest BCUT2D eigenvalue weighted by Gasteiger charge is 2.12. The van der Waals surface area contributed by atoms with E-state index in [0.29, 0.717) is 24.3 Å². The minimum atomic E-state index is -0.873. The van der Waals surface area contributed by atoms with Gasteiger partial charge in [0.05, 0.1) is 6.21 Å². The van der Waals surface area contributed by atoms with Gasteiger partial charge in [-0.15, -0.1) is 0 Å². The lowest BCUT2D eigenvalue weighted by Gasteiger charge is -2.11. The van der Waals surface area contributed by atoms with Crippen LogP contribution in [0.3, 0.4) is 0 Å². The van der Waals surface area contributed by atoms with E-state index in [4.69, 9.17) is 4.74 Å². The van der Waals surface area contributed by atoms with E-state index in [1.54, 1.807) is 24.3 Å². The maximum absolute atomic E-state index is 12.3. The van der Waals surface area contributed by atoms with Crippen molar-refractivity contribution in [2.24, 2.45) is 5.10 Å². The number of nitrogens with one attached hydrogen (secondary N) is 3. The molecule has 0 radical (unpaired) electrons. The fourth-order valence-corrected chi connectivity index (χ4v) is 3.26. The van der Waals surface area contributed by atoms with Crippen molar-refractivity contribution in [3.05, 3.63) is 95.6 Å². The number of hydrogen-bond donors (Lipinski definition) is 3. The second-order valence-corrected chi connectivity index (χ2v) is 7.58. The minimum Gasteiger partial charge on any atom is -0.483 e. The number of nitrogens with zero attached hydrogens (tertiary/aromatic N) is 1. The number of hydrazone groups is 1. The van der Waals surface area contributed by atoms with Gasteiger partial charge in [-0.2, -0.15) is 5.10 Å². The number of amides is 3. The van der Waals surface area contributed by atoms with Crippen molar-refractivity contribution < 1.29 is 19.1 Å². The van der Waals surface area contributed by atoms with Crippen molar-refractivity contribution in [2.75, 3.05) is 18.5 Å². The summed E-state index contributed by atoms with van der Waals surface area (Å²) in [6.45, 7) is 2.16. The predicted molar refractivity (Wildman–Crippen MR) is 135 cm³/mol. The van der Waals surface area contributed by atoms with Crippen LogP contribution in [0.5, 0.6) is 5.75 Å². The molecular weight excluding hydrogens is 444 g/mol. The average Bonchev–Trinajstić information content (AvgIpc) is 2.89. The van der Waals surface area contributed by atoms with Crippen molar-refractivity contribution in [3.63, 3.8) is 0 Å². The number of rotatable bonds is 10. The van der Waals surface area contributed by atoms with Crippen LogP contribution >= 0.6 is 0 Å².